The van der Waals surface area contributed by atoms with Crippen LogP contribution in [0.25, 0.3) is 0 Å². The number of esters is 1. The second kappa shape index (κ2) is 16.7. The molecule has 0 spiro atoms. The highest BCUT2D eigenvalue weighted by Gasteiger charge is 2.28. The van der Waals surface area contributed by atoms with Crippen LogP contribution in [0.2, 0.25) is 0 Å². The first-order valence-electron chi connectivity index (χ1n) is 10.1. The van der Waals surface area contributed by atoms with Crippen molar-refractivity contribution in [2.75, 3.05) is 40.0 Å². The molecule has 0 aliphatic carbocycles. The van der Waals surface area contributed by atoms with Gasteiger partial charge in [0.1, 0.15) is 26.3 Å². The fourth-order valence-electron chi connectivity index (χ4n) is 2.01. The third-order valence-corrected chi connectivity index (χ3v) is 4.33. The normalized spacial score (nSPS) is 12.7. The lowest BCUT2D eigenvalue weighted by Crippen LogP contribution is -2.33. The van der Waals surface area contributed by atoms with Crippen molar-refractivity contribution in [1.82, 2.24) is 0 Å². The first-order chi connectivity index (χ1) is 13.3. The van der Waals surface area contributed by atoms with Crippen molar-refractivity contribution in [3.63, 3.8) is 0 Å². The van der Waals surface area contributed by atoms with E-state index in [1.165, 1.54) is 0 Å². The molecule has 0 aliphatic rings. The van der Waals surface area contributed by atoms with Gasteiger partial charge in [0.05, 0.1) is 12.0 Å². The van der Waals surface area contributed by atoms with Gasteiger partial charge in [-0.2, -0.15) is 0 Å². The van der Waals surface area contributed by atoms with Crippen LogP contribution < -0.4 is 0 Å². The molecular formula is C20H38O8. The molecule has 0 aliphatic heterocycles. The maximum absolute atomic E-state index is 12.1. The zero-order valence-electron chi connectivity index (χ0n) is 17.9. The molecule has 0 rings (SSSR count). The Morgan fingerprint density at radius 1 is 0.929 bits per heavy atom. The zero-order valence-corrected chi connectivity index (χ0v) is 17.9. The van der Waals surface area contributed by atoms with Crippen molar-refractivity contribution >= 4 is 11.9 Å². The lowest BCUT2D eigenvalue weighted by Gasteiger charge is -2.23. The van der Waals surface area contributed by atoms with Crippen LogP contribution in [0.3, 0.4) is 0 Å². The van der Waals surface area contributed by atoms with Gasteiger partial charge >= 0.3 is 11.9 Å². The highest BCUT2D eigenvalue weighted by molar-refractivity contribution is 5.75. The highest BCUT2D eigenvalue weighted by atomic mass is 16.7. The number of hydrogen-bond donors (Lipinski definition) is 1. The number of carboxylic acid groups (broad SMARTS) is 1. The fourth-order valence-corrected chi connectivity index (χ4v) is 2.01. The SMILES string of the molecule is CCOCOCC(COC(=O)C(C)(C)CC)OCOCCCCCCC(=O)O. The topological polar surface area (TPSA) is 101 Å². The van der Waals surface area contributed by atoms with Gasteiger partial charge in [-0.05, 0) is 40.0 Å². The predicted octanol–water partition coefficient (Wildman–Crippen LogP) is 3.37. The molecule has 8 heteroatoms. The summed E-state index contributed by atoms with van der Waals surface area (Å²) < 4.78 is 27.0. The molecule has 8 nitrogen and oxygen atoms in total. The van der Waals surface area contributed by atoms with Gasteiger partial charge in [0.15, 0.2) is 0 Å². The van der Waals surface area contributed by atoms with Crippen LogP contribution in [0.15, 0.2) is 0 Å². The van der Waals surface area contributed by atoms with Crippen LogP contribution in [0.5, 0.6) is 0 Å². The largest absolute Gasteiger partial charge is 0.481 e. The van der Waals surface area contributed by atoms with Gasteiger partial charge < -0.3 is 28.8 Å². The van der Waals surface area contributed by atoms with Crippen molar-refractivity contribution in [3.8, 4) is 0 Å². The third kappa shape index (κ3) is 14.8. The number of carboxylic acids is 1. The summed E-state index contributed by atoms with van der Waals surface area (Å²) in [5.74, 6) is -1.03. The third-order valence-electron chi connectivity index (χ3n) is 4.33. The quantitative estimate of drug-likeness (QED) is 0.198. The number of rotatable bonds is 19. The first kappa shape index (κ1) is 26.8. The Labute approximate surface area is 168 Å². The summed E-state index contributed by atoms with van der Waals surface area (Å²) in [6.07, 6.45) is 3.77. The fraction of sp³-hybridized carbons (Fsp3) is 0.900. The molecule has 0 heterocycles. The first-order valence-corrected chi connectivity index (χ1v) is 10.1. The zero-order chi connectivity index (χ0) is 21.3. The monoisotopic (exact) mass is 406 g/mol. The van der Waals surface area contributed by atoms with Gasteiger partial charge in [-0.3, -0.25) is 9.59 Å². The lowest BCUT2D eigenvalue weighted by atomic mass is 9.91. The van der Waals surface area contributed by atoms with Crippen molar-refractivity contribution in [2.24, 2.45) is 5.41 Å². The summed E-state index contributed by atoms with van der Waals surface area (Å²) in [5, 5.41) is 8.58. The Morgan fingerprint density at radius 2 is 1.64 bits per heavy atom. The van der Waals surface area contributed by atoms with E-state index in [2.05, 4.69) is 0 Å². The van der Waals surface area contributed by atoms with Gasteiger partial charge in [0, 0.05) is 19.6 Å². The average Bonchev–Trinajstić information content (AvgIpc) is 2.66. The molecule has 28 heavy (non-hydrogen) atoms. The minimum Gasteiger partial charge on any atom is -0.481 e. The van der Waals surface area contributed by atoms with Crippen molar-refractivity contribution < 1.29 is 38.4 Å². The summed E-state index contributed by atoms with van der Waals surface area (Å²) in [6.45, 7) is 9.15. The lowest BCUT2D eigenvalue weighted by molar-refractivity contribution is -0.171. The minimum atomic E-state index is -0.759. The van der Waals surface area contributed by atoms with Crippen LogP contribution in [0.1, 0.15) is 66.2 Å². The maximum atomic E-state index is 12.1. The van der Waals surface area contributed by atoms with Gasteiger partial charge in [-0.15, -0.1) is 0 Å². The van der Waals surface area contributed by atoms with Gasteiger partial charge in [0.25, 0.3) is 0 Å². The Kier molecular flexibility index (Phi) is 16.0. The van der Waals surface area contributed by atoms with E-state index in [1.807, 2.05) is 27.7 Å². The molecule has 0 fully saturated rings. The number of ether oxygens (including phenoxy) is 5. The second-order valence-electron chi connectivity index (χ2n) is 7.19. The van der Waals surface area contributed by atoms with Crippen LogP contribution in [0.4, 0.5) is 0 Å². The number of carbonyl (C=O) groups excluding carboxylic acids is 1. The Morgan fingerprint density at radius 3 is 2.29 bits per heavy atom. The summed E-state index contributed by atoms with van der Waals surface area (Å²) >= 11 is 0. The Hall–Kier alpha value is -1.22. The summed E-state index contributed by atoms with van der Waals surface area (Å²) in [4.78, 5) is 22.5. The predicted molar refractivity (Wildman–Crippen MR) is 104 cm³/mol. The highest BCUT2D eigenvalue weighted by Crippen LogP contribution is 2.21. The van der Waals surface area contributed by atoms with E-state index in [9.17, 15) is 9.59 Å². The van der Waals surface area contributed by atoms with Gasteiger partial charge in [-0.1, -0.05) is 19.8 Å². The maximum Gasteiger partial charge on any atom is 0.311 e. The minimum absolute atomic E-state index is 0.0759. The van der Waals surface area contributed by atoms with Gasteiger partial charge in [-0.25, -0.2) is 0 Å². The molecule has 1 N–H and O–H groups in total. The molecule has 0 saturated heterocycles. The van der Waals surface area contributed by atoms with Crippen molar-refractivity contribution in [3.05, 3.63) is 0 Å². The number of unbranched alkanes of at least 4 members (excludes halogenated alkanes) is 3. The van der Waals surface area contributed by atoms with E-state index in [4.69, 9.17) is 28.8 Å². The standard InChI is InChI=1S/C20H38O8/c1-5-20(3,4)19(23)27-14-17(13-26-15-24-6-2)28-16-25-12-10-8-7-9-11-18(21)22/h17H,5-16H2,1-4H3,(H,21,22). The van der Waals surface area contributed by atoms with E-state index in [1.54, 1.807) is 0 Å². The van der Waals surface area contributed by atoms with E-state index < -0.39 is 17.5 Å². The van der Waals surface area contributed by atoms with Gasteiger partial charge in [0.2, 0.25) is 0 Å². The number of carbonyl (C=O) groups is 2. The van der Waals surface area contributed by atoms with E-state index in [-0.39, 0.29) is 39.2 Å². The molecular weight excluding hydrogens is 368 g/mol. The van der Waals surface area contributed by atoms with Crippen LogP contribution in [0, 0.1) is 5.41 Å². The molecule has 0 amide bonds. The molecule has 0 aromatic rings. The Bertz CT molecular complexity index is 411. The van der Waals surface area contributed by atoms with E-state index in [0.29, 0.717) is 26.1 Å². The molecule has 166 valence electrons. The van der Waals surface area contributed by atoms with Crippen LogP contribution in [-0.4, -0.2) is 63.2 Å². The molecule has 0 aromatic heterocycles. The van der Waals surface area contributed by atoms with Crippen molar-refractivity contribution in [1.29, 1.82) is 0 Å². The van der Waals surface area contributed by atoms with Crippen LogP contribution >= 0.6 is 0 Å². The summed E-state index contributed by atoms with van der Waals surface area (Å²) in [7, 11) is 0. The summed E-state index contributed by atoms with van der Waals surface area (Å²) in [5.41, 5.74) is -0.534. The number of aliphatic carboxylic acids is 1. The molecule has 0 saturated carbocycles. The second-order valence-corrected chi connectivity index (χ2v) is 7.19. The Balaban J connectivity index is 4.03. The molecule has 1 atom stereocenters. The molecule has 0 aromatic carbocycles. The van der Waals surface area contributed by atoms with Crippen molar-refractivity contribution in [2.45, 2.75) is 72.3 Å². The average molecular weight is 407 g/mol. The smallest absolute Gasteiger partial charge is 0.311 e. The molecule has 0 bridgehead atoms. The molecule has 0 radical (unpaired) electrons. The van der Waals surface area contributed by atoms with Crippen LogP contribution in [-0.2, 0) is 33.3 Å². The number of hydrogen-bond acceptors (Lipinski definition) is 7. The van der Waals surface area contributed by atoms with E-state index >= 15 is 0 Å². The molecule has 1 unspecified atom stereocenters. The summed E-state index contributed by atoms with van der Waals surface area (Å²) in [6, 6.07) is 0. The van der Waals surface area contributed by atoms with E-state index in [0.717, 1.165) is 19.3 Å².